The molecule has 0 spiro atoms. The van der Waals surface area contributed by atoms with Crippen LogP contribution in [0.2, 0.25) is 0 Å². The minimum atomic E-state index is -0.114. The van der Waals surface area contributed by atoms with Crippen molar-refractivity contribution >= 4 is 11.9 Å². The number of hydrogen-bond acceptors (Lipinski definition) is 6. The van der Waals surface area contributed by atoms with Gasteiger partial charge in [0.15, 0.2) is 0 Å². The van der Waals surface area contributed by atoms with Gasteiger partial charge in [-0.2, -0.15) is 0 Å². The number of esters is 2. The van der Waals surface area contributed by atoms with Gasteiger partial charge in [-0.1, -0.05) is 100.0 Å². The molecule has 0 aliphatic heterocycles. The number of nitrogens with zero attached hydrogens (tertiary/aromatic N) is 1. The summed E-state index contributed by atoms with van der Waals surface area (Å²) in [6.45, 7) is 4.69. The van der Waals surface area contributed by atoms with E-state index < -0.39 is 0 Å². The van der Waals surface area contributed by atoms with Crippen molar-refractivity contribution in [3.05, 3.63) is 48.6 Å². The minimum absolute atomic E-state index is 0.0120. The number of carbonyl (C=O) groups excluding carboxylic acids is 2. The van der Waals surface area contributed by atoms with Gasteiger partial charge in [-0.05, 0) is 137 Å². The Bertz CT molecular complexity index is 878. The molecule has 0 aromatic rings. The van der Waals surface area contributed by atoms with E-state index in [9.17, 15) is 9.59 Å². The van der Waals surface area contributed by atoms with Gasteiger partial charge in [0.2, 0.25) is 0 Å². The lowest BCUT2D eigenvalue weighted by molar-refractivity contribution is -0.150. The second-order valence-electron chi connectivity index (χ2n) is 14.3. The van der Waals surface area contributed by atoms with Gasteiger partial charge in [0.05, 0.1) is 7.11 Å². The van der Waals surface area contributed by atoms with Crippen LogP contribution in [0.5, 0.6) is 0 Å². The van der Waals surface area contributed by atoms with E-state index in [0.717, 1.165) is 103 Å². The fraction of sp³-hybridized carbons (Fsp3) is 0.778. The van der Waals surface area contributed by atoms with Gasteiger partial charge in [-0.25, -0.2) is 0 Å². The van der Waals surface area contributed by atoms with Crippen LogP contribution in [0.25, 0.3) is 0 Å². The minimum Gasteiger partial charge on any atom is -0.469 e. The molecule has 0 fully saturated rings. The molecule has 0 bridgehead atoms. The smallest absolute Gasteiger partial charge is 0.306 e. The van der Waals surface area contributed by atoms with E-state index in [-0.39, 0.29) is 18.0 Å². The zero-order chi connectivity index (χ0) is 37.3. The predicted octanol–water partition coefficient (Wildman–Crippen LogP) is 12.4. The fourth-order valence-corrected chi connectivity index (χ4v) is 5.99. The van der Waals surface area contributed by atoms with Crippen LogP contribution in [0.3, 0.4) is 0 Å². The summed E-state index contributed by atoms with van der Waals surface area (Å²) in [5, 5.41) is 0. The molecule has 296 valence electrons. The van der Waals surface area contributed by atoms with Gasteiger partial charge < -0.3 is 19.1 Å². The molecule has 0 radical (unpaired) electrons. The van der Waals surface area contributed by atoms with Gasteiger partial charge >= 0.3 is 11.9 Å². The number of allylic oxidation sites excluding steroid dienone is 8. The third-order valence-electron chi connectivity index (χ3n) is 9.13. The quantitative estimate of drug-likeness (QED) is 0.0360. The highest BCUT2D eigenvalue weighted by atomic mass is 16.5. The maximum atomic E-state index is 12.6. The normalized spacial score (nSPS) is 12.7. The zero-order valence-electron chi connectivity index (χ0n) is 33.9. The highest BCUT2D eigenvalue weighted by molar-refractivity contribution is 5.69. The highest BCUT2D eigenvalue weighted by Crippen LogP contribution is 2.18. The summed E-state index contributed by atoms with van der Waals surface area (Å²) in [4.78, 5) is 25.8. The molecule has 0 aliphatic rings. The molecule has 0 saturated heterocycles. The largest absolute Gasteiger partial charge is 0.469 e. The SMILES string of the molecule is CCOCCCC/C=C\C/C=C\CCCCCCCCC(CCCCCCCC/C=C\C/C=C\CCCCC(=O)OC)OC(=O)CCCN(C)C. The van der Waals surface area contributed by atoms with E-state index in [1.165, 1.54) is 84.2 Å². The molecule has 51 heavy (non-hydrogen) atoms. The van der Waals surface area contributed by atoms with Crippen LogP contribution in [-0.2, 0) is 23.8 Å². The van der Waals surface area contributed by atoms with Crippen LogP contribution in [-0.4, -0.2) is 63.9 Å². The van der Waals surface area contributed by atoms with Crippen LogP contribution >= 0.6 is 0 Å². The van der Waals surface area contributed by atoms with E-state index in [0.29, 0.717) is 12.8 Å². The van der Waals surface area contributed by atoms with Crippen LogP contribution < -0.4 is 0 Å². The van der Waals surface area contributed by atoms with Crippen molar-refractivity contribution in [1.82, 2.24) is 4.90 Å². The monoisotopic (exact) mass is 716 g/mol. The summed E-state index contributed by atoms with van der Waals surface area (Å²) in [6.07, 6.45) is 48.2. The molecule has 0 heterocycles. The molecule has 0 N–H and O–H groups in total. The Kier molecular flexibility index (Phi) is 38.9. The number of carbonyl (C=O) groups is 2. The molecule has 6 heteroatoms. The van der Waals surface area contributed by atoms with Gasteiger partial charge in [-0.3, -0.25) is 9.59 Å². The van der Waals surface area contributed by atoms with Gasteiger partial charge in [0.1, 0.15) is 6.10 Å². The van der Waals surface area contributed by atoms with Crippen molar-refractivity contribution in [2.45, 2.75) is 186 Å². The van der Waals surface area contributed by atoms with Crippen molar-refractivity contribution in [3.63, 3.8) is 0 Å². The lowest BCUT2D eigenvalue weighted by Crippen LogP contribution is -2.20. The lowest BCUT2D eigenvalue weighted by Gasteiger charge is -2.18. The van der Waals surface area contributed by atoms with E-state index >= 15 is 0 Å². The van der Waals surface area contributed by atoms with E-state index in [2.05, 4.69) is 79.3 Å². The second kappa shape index (κ2) is 40.6. The van der Waals surface area contributed by atoms with Gasteiger partial charge in [-0.15, -0.1) is 0 Å². The number of methoxy groups -OCH3 is 1. The summed E-state index contributed by atoms with van der Waals surface area (Å²) in [6, 6.07) is 0. The van der Waals surface area contributed by atoms with Crippen molar-refractivity contribution in [1.29, 1.82) is 0 Å². The van der Waals surface area contributed by atoms with Crippen LogP contribution in [0, 0.1) is 0 Å². The van der Waals surface area contributed by atoms with Crippen LogP contribution in [0.4, 0.5) is 0 Å². The van der Waals surface area contributed by atoms with Crippen LogP contribution in [0.1, 0.15) is 180 Å². The molecule has 0 amide bonds. The number of hydrogen-bond donors (Lipinski definition) is 0. The first-order chi connectivity index (χ1) is 25.0. The number of rotatable bonds is 38. The van der Waals surface area contributed by atoms with E-state index in [4.69, 9.17) is 9.47 Å². The van der Waals surface area contributed by atoms with Crippen molar-refractivity contribution in [2.24, 2.45) is 0 Å². The third kappa shape index (κ3) is 40.4. The van der Waals surface area contributed by atoms with Crippen molar-refractivity contribution in [2.75, 3.05) is 41.0 Å². The molecule has 1 atom stereocenters. The topological polar surface area (TPSA) is 65.1 Å². The lowest BCUT2D eigenvalue weighted by atomic mass is 10.0. The van der Waals surface area contributed by atoms with E-state index in [1.807, 2.05) is 0 Å². The third-order valence-corrected chi connectivity index (χ3v) is 9.13. The standard InChI is InChI=1S/C45H81NO5/c1-5-50-42-35-31-27-23-19-15-11-7-9-13-17-21-25-29-33-38-43(51-45(48)40-36-41-46(2)3)37-32-28-24-20-16-12-8-6-10-14-18-22-26-30-34-39-44(47)49-4/h6-7,10-11,18-19,22-23,43H,5,8-9,12-17,20-21,24-42H2,1-4H3/b10-6-,11-7-,22-18-,23-19-. The van der Waals surface area contributed by atoms with Gasteiger partial charge in [0, 0.05) is 26.1 Å². The van der Waals surface area contributed by atoms with Crippen molar-refractivity contribution in [3.8, 4) is 0 Å². The Hall–Kier alpha value is -2.18. The van der Waals surface area contributed by atoms with Gasteiger partial charge in [0.25, 0.3) is 0 Å². The zero-order valence-corrected chi connectivity index (χ0v) is 33.9. The molecular weight excluding hydrogens is 634 g/mol. The Morgan fingerprint density at radius 3 is 1.43 bits per heavy atom. The fourth-order valence-electron chi connectivity index (χ4n) is 5.99. The Morgan fingerprint density at radius 2 is 0.961 bits per heavy atom. The van der Waals surface area contributed by atoms with Crippen molar-refractivity contribution < 1.29 is 23.8 Å². The summed E-state index contributed by atoms with van der Waals surface area (Å²) in [7, 11) is 5.55. The first-order valence-electron chi connectivity index (χ1n) is 21.1. The Morgan fingerprint density at radius 1 is 0.529 bits per heavy atom. The van der Waals surface area contributed by atoms with E-state index in [1.54, 1.807) is 0 Å². The molecule has 0 aliphatic carbocycles. The first-order valence-corrected chi connectivity index (χ1v) is 21.1. The molecule has 6 nitrogen and oxygen atoms in total. The molecular formula is C45H81NO5. The highest BCUT2D eigenvalue weighted by Gasteiger charge is 2.14. The summed E-state index contributed by atoms with van der Waals surface area (Å²) >= 11 is 0. The molecule has 0 saturated carbocycles. The average Bonchev–Trinajstić information content (AvgIpc) is 3.11. The first kappa shape index (κ1) is 48.8. The number of ether oxygens (including phenoxy) is 3. The summed E-state index contributed by atoms with van der Waals surface area (Å²) in [5.41, 5.74) is 0. The molecule has 0 aromatic carbocycles. The maximum Gasteiger partial charge on any atom is 0.306 e. The molecule has 1 unspecified atom stereocenters. The average molecular weight is 716 g/mol. The predicted molar refractivity (Wildman–Crippen MR) is 218 cm³/mol. The number of unbranched alkanes of at least 4 members (excludes halogenated alkanes) is 16. The molecule has 0 rings (SSSR count). The Labute approximate surface area is 315 Å². The summed E-state index contributed by atoms with van der Waals surface area (Å²) in [5.74, 6) is -0.126. The molecule has 0 aromatic heterocycles. The maximum absolute atomic E-state index is 12.6. The summed E-state index contributed by atoms with van der Waals surface area (Å²) < 4.78 is 16.0. The second-order valence-corrected chi connectivity index (χ2v) is 14.3. The van der Waals surface area contributed by atoms with Crippen LogP contribution in [0.15, 0.2) is 48.6 Å². The Balaban J connectivity index is 3.99.